The first kappa shape index (κ1) is 16.3. The van der Waals surface area contributed by atoms with Gasteiger partial charge in [0.2, 0.25) is 15.9 Å². The van der Waals surface area contributed by atoms with Crippen molar-refractivity contribution in [3.05, 3.63) is 34.4 Å². The van der Waals surface area contributed by atoms with Crippen LogP contribution in [-0.4, -0.2) is 38.0 Å². The quantitative estimate of drug-likeness (QED) is 0.551. The number of ether oxygens (including phenoxy) is 1. The average molecular weight is 329 g/mol. The summed E-state index contributed by atoms with van der Waals surface area (Å²) in [4.78, 5) is 20.8. The van der Waals surface area contributed by atoms with Crippen molar-refractivity contribution in [3.63, 3.8) is 0 Å². The molecule has 1 aliphatic rings. The van der Waals surface area contributed by atoms with E-state index >= 15 is 0 Å². The summed E-state index contributed by atoms with van der Waals surface area (Å²) in [7, 11) is -3.89. The number of benzene rings is 1. The maximum atomic E-state index is 12.1. The number of non-ortho nitro benzene ring substituents is 1. The van der Waals surface area contributed by atoms with E-state index < -0.39 is 33.1 Å². The predicted octanol–water partition coefficient (Wildman–Crippen LogP) is -0.0940. The highest BCUT2D eigenvalue weighted by atomic mass is 32.2. The molecule has 22 heavy (non-hydrogen) atoms. The van der Waals surface area contributed by atoms with Crippen molar-refractivity contribution >= 4 is 21.6 Å². The number of nitrogens with zero attached hydrogens (tertiary/aromatic N) is 1. The van der Waals surface area contributed by atoms with E-state index in [1.807, 2.05) is 0 Å². The van der Waals surface area contributed by atoms with Crippen LogP contribution in [-0.2, 0) is 19.6 Å². The number of nitro groups is 1. The van der Waals surface area contributed by atoms with Crippen molar-refractivity contribution in [1.82, 2.24) is 4.72 Å². The van der Waals surface area contributed by atoms with E-state index in [2.05, 4.69) is 4.72 Å². The van der Waals surface area contributed by atoms with E-state index in [1.165, 1.54) is 18.2 Å². The molecule has 1 aromatic carbocycles. The lowest BCUT2D eigenvalue weighted by Gasteiger charge is -2.13. The number of carbonyl (C=O) groups excluding carboxylic acids is 1. The maximum absolute atomic E-state index is 12.1. The molecule has 3 N–H and O–H groups in total. The number of amides is 1. The van der Waals surface area contributed by atoms with Crippen LogP contribution in [0.15, 0.2) is 29.2 Å². The summed E-state index contributed by atoms with van der Waals surface area (Å²) < 4.78 is 31.8. The van der Waals surface area contributed by atoms with Crippen LogP contribution < -0.4 is 10.5 Å². The Kier molecular flexibility index (Phi) is 4.74. The molecular weight excluding hydrogens is 314 g/mol. The zero-order chi connectivity index (χ0) is 16.3. The Labute approximate surface area is 126 Å². The van der Waals surface area contributed by atoms with Crippen LogP contribution in [0, 0.1) is 10.1 Å². The van der Waals surface area contributed by atoms with Crippen LogP contribution >= 0.6 is 0 Å². The fraction of sp³-hybridized carbons (Fsp3) is 0.417. The van der Waals surface area contributed by atoms with Gasteiger partial charge in [-0.2, -0.15) is 0 Å². The Bertz CT molecular complexity index is 690. The largest absolute Gasteiger partial charge is 0.367 e. The number of nitro benzene ring substituents is 1. The van der Waals surface area contributed by atoms with Gasteiger partial charge in [-0.1, -0.05) is 6.07 Å². The zero-order valence-corrected chi connectivity index (χ0v) is 12.3. The van der Waals surface area contributed by atoms with Crippen molar-refractivity contribution in [3.8, 4) is 0 Å². The number of nitrogens with two attached hydrogens (primary N) is 1. The SMILES string of the molecule is NC(=O)[C@@H]1CC[C@H](CNS(=O)(=O)c2cccc([N+](=O)[O-])c2)O1. The fourth-order valence-corrected chi connectivity index (χ4v) is 3.22. The molecule has 9 nitrogen and oxygen atoms in total. The minimum atomic E-state index is -3.89. The summed E-state index contributed by atoms with van der Waals surface area (Å²) in [5.41, 5.74) is 4.80. The third-order valence-electron chi connectivity index (χ3n) is 3.26. The first-order valence-corrected chi connectivity index (χ1v) is 7.97. The van der Waals surface area contributed by atoms with Crippen LogP contribution in [0.1, 0.15) is 12.8 Å². The van der Waals surface area contributed by atoms with Crippen molar-refractivity contribution in [1.29, 1.82) is 0 Å². The second kappa shape index (κ2) is 6.38. The molecule has 0 bridgehead atoms. The monoisotopic (exact) mass is 329 g/mol. The average Bonchev–Trinajstić information content (AvgIpc) is 2.94. The number of primary amides is 1. The molecule has 0 spiro atoms. The van der Waals surface area contributed by atoms with Crippen molar-refractivity contribution in [2.24, 2.45) is 5.73 Å². The molecular formula is C12H15N3O6S. The van der Waals surface area contributed by atoms with Gasteiger partial charge in [0.25, 0.3) is 5.69 Å². The van der Waals surface area contributed by atoms with Gasteiger partial charge in [-0.25, -0.2) is 13.1 Å². The van der Waals surface area contributed by atoms with Gasteiger partial charge in [-0.3, -0.25) is 14.9 Å². The lowest BCUT2D eigenvalue weighted by molar-refractivity contribution is -0.385. The molecule has 0 unspecified atom stereocenters. The fourth-order valence-electron chi connectivity index (χ4n) is 2.12. The third kappa shape index (κ3) is 3.78. The number of sulfonamides is 1. The summed E-state index contributed by atoms with van der Waals surface area (Å²) in [5.74, 6) is -0.580. The number of nitrogens with one attached hydrogen (secondary N) is 1. The number of carbonyl (C=O) groups is 1. The molecule has 0 saturated carbocycles. The number of hydrogen-bond donors (Lipinski definition) is 2. The third-order valence-corrected chi connectivity index (χ3v) is 4.69. The summed E-state index contributed by atoms with van der Waals surface area (Å²) in [6.45, 7) is -0.0329. The van der Waals surface area contributed by atoms with E-state index in [0.717, 1.165) is 6.07 Å². The van der Waals surface area contributed by atoms with Crippen molar-refractivity contribution in [2.45, 2.75) is 29.9 Å². The van der Waals surface area contributed by atoms with Gasteiger partial charge in [0, 0.05) is 18.7 Å². The molecule has 10 heteroatoms. The van der Waals surface area contributed by atoms with E-state index in [0.29, 0.717) is 12.8 Å². The molecule has 0 aromatic heterocycles. The Morgan fingerprint density at radius 1 is 1.45 bits per heavy atom. The maximum Gasteiger partial charge on any atom is 0.270 e. The highest BCUT2D eigenvalue weighted by Gasteiger charge is 2.30. The van der Waals surface area contributed by atoms with Crippen LogP contribution in [0.3, 0.4) is 0 Å². The van der Waals surface area contributed by atoms with Crippen LogP contribution in [0.4, 0.5) is 5.69 Å². The summed E-state index contributed by atoms with van der Waals surface area (Å²) in [5, 5.41) is 10.7. The molecule has 1 aromatic rings. The second-order valence-electron chi connectivity index (χ2n) is 4.83. The summed E-state index contributed by atoms with van der Waals surface area (Å²) in [6.07, 6.45) is -0.206. The van der Waals surface area contributed by atoms with Gasteiger partial charge in [-0.15, -0.1) is 0 Å². The van der Waals surface area contributed by atoms with Gasteiger partial charge in [-0.05, 0) is 18.9 Å². The molecule has 0 radical (unpaired) electrons. The normalized spacial score (nSPS) is 21.6. The van der Waals surface area contributed by atoms with Gasteiger partial charge >= 0.3 is 0 Å². The topological polar surface area (TPSA) is 142 Å². The van der Waals surface area contributed by atoms with Gasteiger partial charge in [0.15, 0.2) is 0 Å². The molecule has 1 saturated heterocycles. The summed E-state index contributed by atoms with van der Waals surface area (Å²) in [6, 6.07) is 4.74. The number of rotatable bonds is 6. The van der Waals surface area contributed by atoms with E-state index in [1.54, 1.807) is 0 Å². The Hall–Kier alpha value is -2.04. The summed E-state index contributed by atoms with van der Waals surface area (Å²) >= 11 is 0. The molecule has 2 atom stereocenters. The first-order chi connectivity index (χ1) is 10.3. The van der Waals surface area contributed by atoms with Gasteiger partial charge < -0.3 is 10.5 Å². The second-order valence-corrected chi connectivity index (χ2v) is 6.60. The minimum Gasteiger partial charge on any atom is -0.367 e. The van der Waals surface area contributed by atoms with Gasteiger partial charge in [0.05, 0.1) is 15.9 Å². The Balaban J connectivity index is 2.01. The zero-order valence-electron chi connectivity index (χ0n) is 11.5. The molecule has 1 fully saturated rings. The highest BCUT2D eigenvalue weighted by Crippen LogP contribution is 2.20. The smallest absolute Gasteiger partial charge is 0.270 e. The molecule has 120 valence electrons. The predicted molar refractivity (Wildman–Crippen MR) is 75.4 cm³/mol. The molecule has 1 amide bonds. The Morgan fingerprint density at radius 3 is 2.77 bits per heavy atom. The van der Waals surface area contributed by atoms with Crippen LogP contribution in [0.2, 0.25) is 0 Å². The van der Waals surface area contributed by atoms with Gasteiger partial charge in [0.1, 0.15) is 6.10 Å². The van der Waals surface area contributed by atoms with E-state index in [9.17, 15) is 23.3 Å². The molecule has 1 heterocycles. The molecule has 2 rings (SSSR count). The van der Waals surface area contributed by atoms with Crippen LogP contribution in [0.5, 0.6) is 0 Å². The minimum absolute atomic E-state index is 0.0329. The van der Waals surface area contributed by atoms with Crippen molar-refractivity contribution < 1.29 is 22.9 Å². The van der Waals surface area contributed by atoms with E-state index in [4.69, 9.17) is 10.5 Å². The molecule has 1 aliphatic heterocycles. The van der Waals surface area contributed by atoms with Crippen molar-refractivity contribution in [2.75, 3.05) is 6.54 Å². The molecule has 0 aliphatic carbocycles. The van der Waals surface area contributed by atoms with E-state index in [-0.39, 0.29) is 17.1 Å². The highest BCUT2D eigenvalue weighted by molar-refractivity contribution is 7.89. The standard InChI is InChI=1S/C12H15N3O6S/c13-12(16)11-5-4-9(21-11)7-14-22(19,20)10-3-1-2-8(6-10)15(17)18/h1-3,6,9,11,14H,4-5,7H2,(H2,13,16)/t9-,11+/m1/s1. The number of hydrogen-bond acceptors (Lipinski definition) is 6. The Morgan fingerprint density at radius 2 is 2.18 bits per heavy atom. The lowest BCUT2D eigenvalue weighted by Crippen LogP contribution is -2.34. The lowest BCUT2D eigenvalue weighted by atomic mass is 10.2. The van der Waals surface area contributed by atoms with Crippen LogP contribution in [0.25, 0.3) is 0 Å². The first-order valence-electron chi connectivity index (χ1n) is 6.48.